The Morgan fingerprint density at radius 1 is 0.931 bits per heavy atom. The summed E-state index contributed by atoms with van der Waals surface area (Å²) < 4.78 is 8.17. The highest BCUT2D eigenvalue weighted by Crippen LogP contribution is 2.36. The molecule has 1 aliphatic heterocycles. The van der Waals surface area contributed by atoms with Gasteiger partial charge in [0.2, 0.25) is 0 Å². The molecule has 0 saturated heterocycles. The standard InChI is InChI=1S/C27H23NO/c1-17-5-7-20(8-6-17)21-9-10-22-24-16-23(25-13-18(2)11-12-28(25)4)19(3)14-26(24)29-27(22)15-21/h5-16H,4H2,1-3H3. The van der Waals surface area contributed by atoms with E-state index in [-0.39, 0.29) is 0 Å². The number of fused-ring (bicyclic) bond motifs is 3. The van der Waals surface area contributed by atoms with Crippen LogP contribution in [0.3, 0.4) is 0 Å². The van der Waals surface area contributed by atoms with Crippen LogP contribution in [0, 0.1) is 19.9 Å². The summed E-state index contributed by atoms with van der Waals surface area (Å²) in [5.74, 6) is 0. The molecule has 5 rings (SSSR count). The minimum atomic E-state index is 0.918. The number of benzene rings is 3. The van der Waals surface area contributed by atoms with Crippen molar-refractivity contribution in [2.75, 3.05) is 0 Å². The number of hydrogen-bond donors (Lipinski definition) is 0. The third kappa shape index (κ3) is 2.98. The summed E-state index contributed by atoms with van der Waals surface area (Å²) in [4.78, 5) is 0. The second-order valence-electron chi connectivity index (χ2n) is 7.90. The highest BCUT2D eigenvalue weighted by atomic mass is 16.3. The molecule has 2 heterocycles. The van der Waals surface area contributed by atoms with Gasteiger partial charge in [-0.1, -0.05) is 72.0 Å². The van der Waals surface area contributed by atoms with E-state index in [1.165, 1.54) is 33.4 Å². The van der Waals surface area contributed by atoms with Gasteiger partial charge in [0.05, 0.1) is 6.72 Å². The van der Waals surface area contributed by atoms with Gasteiger partial charge in [0, 0.05) is 0 Å². The van der Waals surface area contributed by atoms with Crippen molar-refractivity contribution in [3.63, 3.8) is 0 Å². The number of hydrogen-bond acceptors (Lipinski definition) is 0. The molecule has 0 amide bonds. The Balaban J connectivity index is 1.66. The van der Waals surface area contributed by atoms with E-state index in [9.17, 15) is 0 Å². The molecule has 0 N–H and O–H groups in total. The van der Waals surface area contributed by atoms with Crippen LogP contribution < -0.4 is 0 Å². The second kappa shape index (κ2) is 6.52. The summed E-state index contributed by atoms with van der Waals surface area (Å²) in [6.07, 6.45) is 6.26. The van der Waals surface area contributed by atoms with E-state index in [1.807, 2.05) is 10.8 Å². The average Bonchev–Trinajstić information content (AvgIpc) is 3.06. The normalized spacial score (nSPS) is 14.1. The largest absolute Gasteiger partial charge is 0.287 e. The van der Waals surface area contributed by atoms with Crippen LogP contribution in [-0.4, -0.2) is 11.3 Å². The Kier molecular flexibility index (Phi) is 3.95. The molecular weight excluding hydrogens is 354 g/mol. The van der Waals surface area contributed by atoms with Crippen LogP contribution in [-0.2, 0) is 0 Å². The SMILES string of the molecule is C=[N+]1C=CC(C)=C[C-]1c1cc2c(cc1C)[o+][c-]1cc(-c3ccc(C)cc3)ccc21. The quantitative estimate of drug-likeness (QED) is 0.210. The zero-order valence-electron chi connectivity index (χ0n) is 17.0. The Bertz CT molecular complexity index is 1330. The summed E-state index contributed by atoms with van der Waals surface area (Å²) in [6, 6.07) is 20.6. The van der Waals surface area contributed by atoms with E-state index in [1.54, 1.807) is 0 Å². The van der Waals surface area contributed by atoms with Gasteiger partial charge in [0.1, 0.15) is 12.2 Å². The van der Waals surface area contributed by atoms with E-state index < -0.39 is 0 Å². The molecule has 0 radical (unpaired) electrons. The molecule has 1 aliphatic rings. The van der Waals surface area contributed by atoms with Crippen molar-refractivity contribution in [1.29, 1.82) is 0 Å². The van der Waals surface area contributed by atoms with E-state index in [4.69, 9.17) is 4.42 Å². The lowest BCUT2D eigenvalue weighted by molar-refractivity contribution is -0.418. The highest BCUT2D eigenvalue weighted by Gasteiger charge is 2.20. The van der Waals surface area contributed by atoms with Crippen LogP contribution in [0.4, 0.5) is 0 Å². The molecule has 4 aromatic rings. The average molecular weight is 377 g/mol. The van der Waals surface area contributed by atoms with Crippen LogP contribution in [0.5, 0.6) is 0 Å². The first kappa shape index (κ1) is 17.6. The van der Waals surface area contributed by atoms with Crippen LogP contribution >= 0.6 is 0 Å². The molecule has 0 fully saturated rings. The minimum absolute atomic E-state index is 0.918. The number of furan rings is 1. The van der Waals surface area contributed by atoms with E-state index in [2.05, 4.69) is 94.2 Å². The maximum Gasteiger partial charge on any atom is 0.278 e. The van der Waals surface area contributed by atoms with Crippen LogP contribution in [0.2, 0.25) is 0 Å². The van der Waals surface area contributed by atoms with Gasteiger partial charge in [-0.15, -0.1) is 18.2 Å². The Hall–Kier alpha value is -3.52. The lowest BCUT2D eigenvalue weighted by atomic mass is 9.95. The summed E-state index contributed by atoms with van der Waals surface area (Å²) >= 11 is 0. The summed E-state index contributed by atoms with van der Waals surface area (Å²) in [7, 11) is 0. The van der Waals surface area contributed by atoms with E-state index in [0.29, 0.717) is 0 Å². The Morgan fingerprint density at radius 3 is 2.48 bits per heavy atom. The second-order valence-corrected chi connectivity index (χ2v) is 7.90. The van der Waals surface area contributed by atoms with Crippen LogP contribution in [0.1, 0.15) is 23.6 Å². The Morgan fingerprint density at radius 2 is 1.69 bits per heavy atom. The van der Waals surface area contributed by atoms with E-state index in [0.717, 1.165) is 28.0 Å². The topological polar surface area (TPSA) is 14.3 Å². The lowest BCUT2D eigenvalue weighted by Crippen LogP contribution is -2.15. The van der Waals surface area contributed by atoms with Gasteiger partial charge >= 0.3 is 0 Å². The van der Waals surface area contributed by atoms with Crippen molar-refractivity contribution in [3.05, 3.63) is 101 Å². The summed E-state index contributed by atoms with van der Waals surface area (Å²) in [5, 5.41) is 2.28. The fourth-order valence-corrected chi connectivity index (χ4v) is 3.99. The predicted molar refractivity (Wildman–Crippen MR) is 121 cm³/mol. The third-order valence-corrected chi connectivity index (χ3v) is 5.67. The zero-order chi connectivity index (χ0) is 20.1. The van der Waals surface area contributed by atoms with Crippen LogP contribution in [0.25, 0.3) is 33.1 Å². The molecule has 0 bridgehead atoms. The summed E-state index contributed by atoms with van der Waals surface area (Å²) in [5.41, 5.74) is 9.06. The number of nitrogens with zero attached hydrogens (tertiary/aromatic N) is 1. The molecular formula is C27H23NO. The molecule has 0 aliphatic carbocycles. The first-order chi connectivity index (χ1) is 14.0. The van der Waals surface area contributed by atoms with Crippen molar-refractivity contribution in [3.8, 4) is 11.1 Å². The lowest BCUT2D eigenvalue weighted by Gasteiger charge is -2.20. The molecule has 2 heteroatoms. The maximum atomic E-state index is 6.24. The van der Waals surface area contributed by atoms with Gasteiger partial charge in [-0.25, -0.2) is 0 Å². The van der Waals surface area contributed by atoms with Crippen molar-refractivity contribution in [2.24, 2.45) is 0 Å². The smallest absolute Gasteiger partial charge is 0.278 e. The minimum Gasteiger partial charge on any atom is -0.287 e. The van der Waals surface area contributed by atoms with Crippen molar-refractivity contribution in [1.82, 2.24) is 0 Å². The molecule has 3 aromatic carbocycles. The first-order valence-corrected chi connectivity index (χ1v) is 9.87. The third-order valence-electron chi connectivity index (χ3n) is 5.67. The zero-order valence-corrected chi connectivity index (χ0v) is 17.0. The fraction of sp³-hybridized carbons (Fsp3) is 0.111. The highest BCUT2D eigenvalue weighted by molar-refractivity contribution is 6.06. The first-order valence-electron chi connectivity index (χ1n) is 9.87. The fourth-order valence-electron chi connectivity index (χ4n) is 3.99. The van der Waals surface area contributed by atoms with Gasteiger partial charge in [0.15, 0.2) is 0 Å². The number of rotatable bonds is 2. The molecule has 1 aromatic heterocycles. The molecule has 0 unspecified atom stereocenters. The van der Waals surface area contributed by atoms with Gasteiger partial charge < -0.3 is 0 Å². The number of aryl methyl sites for hydroxylation is 2. The van der Waals surface area contributed by atoms with Gasteiger partial charge in [-0.05, 0) is 41.5 Å². The molecule has 142 valence electrons. The van der Waals surface area contributed by atoms with Gasteiger partial charge in [-0.3, -0.25) is 8.99 Å². The van der Waals surface area contributed by atoms with Crippen molar-refractivity contribution < 1.29 is 8.99 Å². The predicted octanol–water partition coefficient (Wildman–Crippen LogP) is 6.94. The van der Waals surface area contributed by atoms with Gasteiger partial charge in [0.25, 0.3) is 11.2 Å². The molecule has 0 spiro atoms. The molecule has 2 nitrogen and oxygen atoms in total. The molecule has 0 saturated carbocycles. The van der Waals surface area contributed by atoms with Crippen molar-refractivity contribution >= 4 is 28.7 Å². The number of allylic oxidation sites excluding steroid dienone is 2. The molecule has 29 heavy (non-hydrogen) atoms. The summed E-state index contributed by atoms with van der Waals surface area (Å²) in [6.45, 7) is 10.5. The maximum absolute atomic E-state index is 6.24. The Labute approximate surface area is 171 Å². The van der Waals surface area contributed by atoms with E-state index >= 15 is 0 Å². The molecule has 0 atom stereocenters. The van der Waals surface area contributed by atoms with Crippen molar-refractivity contribution in [2.45, 2.75) is 20.8 Å². The monoisotopic (exact) mass is 377 g/mol. The van der Waals surface area contributed by atoms with Gasteiger partial charge in [-0.2, -0.15) is 0 Å². The van der Waals surface area contributed by atoms with Crippen LogP contribution in [0.15, 0.2) is 82.9 Å².